The third-order valence-electron chi connectivity index (χ3n) is 4.28. The molecule has 2 fully saturated rings. The van der Waals surface area contributed by atoms with Gasteiger partial charge in [0.15, 0.2) is 0 Å². The normalized spacial score (nSPS) is 25.2. The van der Waals surface area contributed by atoms with Crippen molar-refractivity contribution in [2.75, 3.05) is 33.2 Å². The number of likely N-dealkylation sites (N-methyl/N-ethyl adjacent to an activating group) is 1. The van der Waals surface area contributed by atoms with Gasteiger partial charge >= 0.3 is 0 Å². The van der Waals surface area contributed by atoms with Crippen LogP contribution in [0.1, 0.15) is 23.5 Å². The highest BCUT2D eigenvalue weighted by molar-refractivity contribution is 5.86. The van der Waals surface area contributed by atoms with Crippen LogP contribution in [0, 0.1) is 0 Å². The first-order chi connectivity index (χ1) is 8.74. The highest BCUT2D eigenvalue weighted by atomic mass is 35.5. The first-order valence-electron chi connectivity index (χ1n) is 6.98. The smallest absolute Gasteiger partial charge is 0.0237 e. The molecule has 1 saturated carbocycles. The minimum absolute atomic E-state index is 0. The van der Waals surface area contributed by atoms with Crippen molar-refractivity contribution < 1.29 is 0 Å². The van der Waals surface area contributed by atoms with Crippen molar-refractivity contribution in [2.45, 2.75) is 24.9 Å². The van der Waals surface area contributed by atoms with E-state index in [2.05, 4.69) is 41.1 Å². The molecule has 1 saturated heterocycles. The van der Waals surface area contributed by atoms with Crippen molar-refractivity contribution in [3.63, 3.8) is 0 Å². The number of halogens is 3. The van der Waals surface area contributed by atoms with E-state index in [9.17, 15) is 0 Å². The van der Waals surface area contributed by atoms with Crippen LogP contribution in [0.4, 0.5) is 0 Å². The Bertz CT molecular complexity index is 422. The summed E-state index contributed by atoms with van der Waals surface area (Å²) in [6, 6.07) is 9.25. The summed E-state index contributed by atoms with van der Waals surface area (Å²) in [6.07, 6.45) is 1.17. The van der Waals surface area contributed by atoms with E-state index in [-0.39, 0.29) is 37.2 Å². The number of benzene rings is 1. The predicted octanol–water partition coefficient (Wildman–Crippen LogP) is 2.51. The lowest BCUT2D eigenvalue weighted by atomic mass is 10.0. The number of rotatable bonds is 3. The molecule has 1 aliphatic heterocycles. The van der Waals surface area contributed by atoms with Gasteiger partial charge in [-0.3, -0.25) is 4.90 Å². The molecule has 1 aromatic carbocycles. The molecular weight excluding hydrogens is 329 g/mol. The molecule has 1 aromatic rings. The highest BCUT2D eigenvalue weighted by Gasteiger charge is 2.36. The zero-order valence-corrected chi connectivity index (χ0v) is 14.9. The maximum absolute atomic E-state index is 6.00. The average molecular weight is 355 g/mol. The topological polar surface area (TPSA) is 32.5 Å². The third kappa shape index (κ3) is 5.27. The standard InChI is InChI=1S/C15H23N3.3ClH/c1-17-6-8-18(9-7-17)11-12-4-2-3-5-13(12)14-10-15(14)16;;;/h2-5,14-15H,6-11,16H2,1H3;3*1H. The lowest BCUT2D eigenvalue weighted by Crippen LogP contribution is -2.44. The fraction of sp³-hybridized carbons (Fsp3) is 0.600. The Morgan fingerprint density at radius 1 is 1.05 bits per heavy atom. The first kappa shape index (κ1) is 21.0. The van der Waals surface area contributed by atoms with E-state index < -0.39 is 0 Å². The largest absolute Gasteiger partial charge is 0.327 e. The fourth-order valence-corrected chi connectivity index (χ4v) is 2.86. The fourth-order valence-electron chi connectivity index (χ4n) is 2.86. The molecule has 1 heterocycles. The van der Waals surface area contributed by atoms with Gasteiger partial charge in [0.25, 0.3) is 0 Å². The molecule has 0 amide bonds. The molecule has 6 heteroatoms. The minimum atomic E-state index is 0. The number of nitrogens with two attached hydrogens (primary N) is 1. The van der Waals surface area contributed by atoms with Crippen LogP contribution in [-0.2, 0) is 6.54 Å². The molecule has 0 aromatic heterocycles. The summed E-state index contributed by atoms with van der Waals surface area (Å²) in [5.41, 5.74) is 8.97. The number of hydrogen-bond acceptors (Lipinski definition) is 3. The molecule has 3 nitrogen and oxygen atoms in total. The van der Waals surface area contributed by atoms with E-state index >= 15 is 0 Å². The van der Waals surface area contributed by atoms with Gasteiger partial charge in [0, 0.05) is 44.7 Å². The number of piperazine rings is 1. The van der Waals surface area contributed by atoms with E-state index in [1.807, 2.05) is 0 Å². The Labute approximate surface area is 146 Å². The van der Waals surface area contributed by atoms with Crippen LogP contribution in [0.5, 0.6) is 0 Å². The summed E-state index contributed by atoms with van der Waals surface area (Å²) in [5, 5.41) is 0. The second kappa shape index (κ2) is 9.19. The molecular formula is C15H26Cl3N3. The van der Waals surface area contributed by atoms with Crippen molar-refractivity contribution in [3.05, 3.63) is 35.4 Å². The number of hydrogen-bond donors (Lipinski definition) is 1. The maximum Gasteiger partial charge on any atom is 0.0237 e. The summed E-state index contributed by atoms with van der Waals surface area (Å²) in [4.78, 5) is 4.96. The van der Waals surface area contributed by atoms with Crippen molar-refractivity contribution in [1.29, 1.82) is 0 Å². The Morgan fingerprint density at radius 3 is 2.19 bits per heavy atom. The maximum atomic E-state index is 6.00. The van der Waals surface area contributed by atoms with Crippen LogP contribution in [0.3, 0.4) is 0 Å². The van der Waals surface area contributed by atoms with E-state index in [1.54, 1.807) is 0 Å². The Balaban J connectivity index is 0.00000133. The number of nitrogens with zero attached hydrogens (tertiary/aromatic N) is 2. The van der Waals surface area contributed by atoms with Crippen molar-refractivity contribution in [1.82, 2.24) is 9.80 Å². The second-order valence-corrected chi connectivity index (χ2v) is 5.78. The van der Waals surface area contributed by atoms with Crippen LogP contribution in [0.15, 0.2) is 24.3 Å². The molecule has 0 radical (unpaired) electrons. The summed E-state index contributed by atoms with van der Waals surface area (Å²) in [6.45, 7) is 5.83. The summed E-state index contributed by atoms with van der Waals surface area (Å²) >= 11 is 0. The molecule has 1 aliphatic carbocycles. The van der Waals surface area contributed by atoms with Crippen LogP contribution in [0.25, 0.3) is 0 Å². The van der Waals surface area contributed by atoms with Gasteiger partial charge in [0.2, 0.25) is 0 Å². The lowest BCUT2D eigenvalue weighted by Gasteiger charge is -2.32. The minimum Gasteiger partial charge on any atom is -0.327 e. The summed E-state index contributed by atoms with van der Waals surface area (Å²) in [5.74, 6) is 0.619. The van der Waals surface area contributed by atoms with Gasteiger partial charge in [-0.15, -0.1) is 37.2 Å². The van der Waals surface area contributed by atoms with E-state index in [0.29, 0.717) is 12.0 Å². The first-order valence-corrected chi connectivity index (χ1v) is 6.98. The zero-order chi connectivity index (χ0) is 12.5. The predicted molar refractivity (Wildman–Crippen MR) is 96.3 cm³/mol. The zero-order valence-electron chi connectivity index (χ0n) is 12.4. The van der Waals surface area contributed by atoms with E-state index in [0.717, 1.165) is 6.54 Å². The van der Waals surface area contributed by atoms with Crippen molar-refractivity contribution in [2.24, 2.45) is 5.73 Å². The van der Waals surface area contributed by atoms with Gasteiger partial charge in [0.05, 0.1) is 0 Å². The summed E-state index contributed by atoms with van der Waals surface area (Å²) in [7, 11) is 2.20. The van der Waals surface area contributed by atoms with Gasteiger partial charge < -0.3 is 10.6 Å². The second-order valence-electron chi connectivity index (χ2n) is 5.78. The molecule has 21 heavy (non-hydrogen) atoms. The van der Waals surface area contributed by atoms with E-state index in [1.165, 1.54) is 43.7 Å². The molecule has 2 atom stereocenters. The van der Waals surface area contributed by atoms with Crippen LogP contribution < -0.4 is 5.73 Å². The van der Waals surface area contributed by atoms with Gasteiger partial charge in [0.1, 0.15) is 0 Å². The third-order valence-corrected chi connectivity index (χ3v) is 4.28. The molecule has 2 N–H and O–H groups in total. The van der Waals surface area contributed by atoms with Crippen molar-refractivity contribution >= 4 is 37.2 Å². The lowest BCUT2D eigenvalue weighted by molar-refractivity contribution is 0.148. The van der Waals surface area contributed by atoms with Crippen LogP contribution in [-0.4, -0.2) is 49.1 Å². The van der Waals surface area contributed by atoms with Gasteiger partial charge in [-0.1, -0.05) is 24.3 Å². The Kier molecular flexibility index (Phi) is 9.17. The van der Waals surface area contributed by atoms with Crippen molar-refractivity contribution in [3.8, 4) is 0 Å². The molecule has 122 valence electrons. The van der Waals surface area contributed by atoms with Crippen LogP contribution >= 0.6 is 37.2 Å². The molecule has 2 aliphatic rings. The average Bonchev–Trinajstić information content (AvgIpc) is 3.10. The monoisotopic (exact) mass is 353 g/mol. The van der Waals surface area contributed by atoms with Crippen LogP contribution in [0.2, 0.25) is 0 Å². The van der Waals surface area contributed by atoms with Gasteiger partial charge in [-0.25, -0.2) is 0 Å². The Hall–Kier alpha value is -0.0300. The molecule has 3 rings (SSSR count). The quantitative estimate of drug-likeness (QED) is 0.905. The molecule has 0 spiro atoms. The van der Waals surface area contributed by atoms with E-state index in [4.69, 9.17) is 5.73 Å². The van der Waals surface area contributed by atoms with Gasteiger partial charge in [-0.2, -0.15) is 0 Å². The van der Waals surface area contributed by atoms with Gasteiger partial charge in [-0.05, 0) is 24.6 Å². The SMILES string of the molecule is CN1CCN(Cc2ccccc2C2CC2N)CC1.Cl.Cl.Cl. The Morgan fingerprint density at radius 2 is 1.62 bits per heavy atom. The molecule has 0 bridgehead atoms. The molecule has 2 unspecified atom stereocenters. The highest BCUT2D eigenvalue weighted by Crippen LogP contribution is 2.40. The summed E-state index contributed by atoms with van der Waals surface area (Å²) < 4.78 is 0.